The highest BCUT2D eigenvalue weighted by atomic mass is 32.2. The van der Waals surface area contributed by atoms with Crippen molar-refractivity contribution in [3.05, 3.63) is 24.3 Å². The molecule has 120 valence electrons. The van der Waals surface area contributed by atoms with Gasteiger partial charge in [0.05, 0.1) is 12.3 Å². The van der Waals surface area contributed by atoms with E-state index in [0.717, 1.165) is 0 Å². The number of sulfonamides is 1. The number of nitrogens with one attached hydrogen (secondary N) is 2. The topological polar surface area (TPSA) is 67.4 Å². The number of hydrogen-bond donors (Lipinski definition) is 2. The van der Waals surface area contributed by atoms with Gasteiger partial charge >= 0.3 is 6.18 Å². The molecule has 1 aromatic rings. The molecule has 0 heterocycles. The maximum atomic E-state index is 11.9. The summed E-state index contributed by atoms with van der Waals surface area (Å²) in [5.74, 6) is 0. The lowest BCUT2D eigenvalue weighted by atomic mass is 10.3. The van der Waals surface area contributed by atoms with Gasteiger partial charge in [-0.05, 0) is 12.1 Å². The summed E-state index contributed by atoms with van der Waals surface area (Å²) in [7, 11) is -3.64. The minimum Gasteiger partial charge on any atom is -0.382 e. The van der Waals surface area contributed by atoms with Crippen LogP contribution in [0.3, 0.4) is 0 Å². The summed E-state index contributed by atoms with van der Waals surface area (Å²) in [5, 5.41) is 2.75. The molecule has 5 nitrogen and oxygen atoms in total. The van der Waals surface area contributed by atoms with Crippen molar-refractivity contribution in [2.75, 3.05) is 31.6 Å². The fourth-order valence-electron chi connectivity index (χ4n) is 1.56. The number of halogens is 3. The van der Waals surface area contributed by atoms with E-state index in [-0.39, 0.29) is 24.6 Å². The maximum absolute atomic E-state index is 11.9. The van der Waals surface area contributed by atoms with Gasteiger partial charge in [-0.25, -0.2) is 13.1 Å². The Labute approximate surface area is 121 Å². The van der Waals surface area contributed by atoms with Crippen LogP contribution in [0.5, 0.6) is 0 Å². The summed E-state index contributed by atoms with van der Waals surface area (Å²) in [6.07, 6.45) is -4.37. The average molecular weight is 326 g/mol. The van der Waals surface area contributed by atoms with E-state index in [1.807, 2.05) is 0 Å². The molecule has 2 N–H and O–H groups in total. The SMILES string of the molecule is CCNS(=O)(=O)c1ccccc1NCCOCC(F)(F)F. The van der Waals surface area contributed by atoms with Crippen LogP contribution in [0, 0.1) is 0 Å². The van der Waals surface area contributed by atoms with Crippen molar-refractivity contribution in [3.63, 3.8) is 0 Å². The van der Waals surface area contributed by atoms with Crippen LogP contribution in [0.1, 0.15) is 6.92 Å². The van der Waals surface area contributed by atoms with Crippen LogP contribution in [0.4, 0.5) is 18.9 Å². The van der Waals surface area contributed by atoms with E-state index in [9.17, 15) is 21.6 Å². The molecule has 0 atom stereocenters. The predicted molar refractivity (Wildman–Crippen MR) is 72.7 cm³/mol. The highest BCUT2D eigenvalue weighted by Gasteiger charge is 2.27. The van der Waals surface area contributed by atoms with E-state index in [4.69, 9.17) is 0 Å². The molecule has 1 aromatic carbocycles. The lowest BCUT2D eigenvalue weighted by Crippen LogP contribution is -2.25. The summed E-state index contributed by atoms with van der Waals surface area (Å²) in [4.78, 5) is 0.0441. The van der Waals surface area contributed by atoms with E-state index in [1.54, 1.807) is 19.1 Å². The molecule has 0 spiro atoms. The Morgan fingerprint density at radius 3 is 2.52 bits per heavy atom. The normalized spacial score (nSPS) is 12.4. The van der Waals surface area contributed by atoms with Crippen molar-refractivity contribution in [1.82, 2.24) is 4.72 Å². The van der Waals surface area contributed by atoms with Gasteiger partial charge in [0.1, 0.15) is 11.5 Å². The van der Waals surface area contributed by atoms with Crippen LogP contribution in [-0.4, -0.2) is 40.9 Å². The zero-order chi connectivity index (χ0) is 15.9. The van der Waals surface area contributed by atoms with Gasteiger partial charge in [0.25, 0.3) is 0 Å². The lowest BCUT2D eigenvalue weighted by molar-refractivity contribution is -0.172. The lowest BCUT2D eigenvalue weighted by Gasteiger charge is -2.13. The van der Waals surface area contributed by atoms with Gasteiger partial charge < -0.3 is 10.1 Å². The Balaban J connectivity index is 2.60. The molecule has 0 bridgehead atoms. The number of alkyl halides is 3. The molecule has 0 aliphatic carbocycles. The van der Waals surface area contributed by atoms with Crippen LogP contribution in [0.25, 0.3) is 0 Å². The summed E-state index contributed by atoms with van der Waals surface area (Å²) >= 11 is 0. The smallest absolute Gasteiger partial charge is 0.382 e. The minimum absolute atomic E-state index is 0.0441. The number of hydrogen-bond acceptors (Lipinski definition) is 4. The quantitative estimate of drug-likeness (QED) is 0.717. The Hall–Kier alpha value is -1.32. The van der Waals surface area contributed by atoms with E-state index < -0.39 is 22.8 Å². The molecule has 0 saturated carbocycles. The second-order valence-corrected chi connectivity index (χ2v) is 5.83. The maximum Gasteiger partial charge on any atom is 0.411 e. The number of anilines is 1. The molecule has 21 heavy (non-hydrogen) atoms. The fourth-order valence-corrected chi connectivity index (χ4v) is 2.78. The molecule has 0 unspecified atom stereocenters. The van der Waals surface area contributed by atoms with Crippen molar-refractivity contribution < 1.29 is 26.3 Å². The molecule has 0 aromatic heterocycles. The van der Waals surface area contributed by atoms with Gasteiger partial charge in [-0.2, -0.15) is 13.2 Å². The number of para-hydroxylation sites is 1. The van der Waals surface area contributed by atoms with Crippen LogP contribution >= 0.6 is 0 Å². The molecule has 1 rings (SSSR count). The van der Waals surface area contributed by atoms with Crippen molar-refractivity contribution in [2.45, 2.75) is 18.0 Å². The molecule has 0 saturated heterocycles. The number of benzene rings is 1. The van der Waals surface area contributed by atoms with Crippen LogP contribution < -0.4 is 10.0 Å². The fraction of sp³-hybridized carbons (Fsp3) is 0.500. The first-order valence-corrected chi connectivity index (χ1v) is 7.71. The number of rotatable bonds is 8. The van der Waals surface area contributed by atoms with Crippen molar-refractivity contribution in [3.8, 4) is 0 Å². The van der Waals surface area contributed by atoms with E-state index in [0.29, 0.717) is 5.69 Å². The largest absolute Gasteiger partial charge is 0.411 e. The molecule has 0 aliphatic heterocycles. The summed E-state index contributed by atoms with van der Waals surface area (Å²) in [5.41, 5.74) is 0.314. The van der Waals surface area contributed by atoms with Crippen LogP contribution in [0.2, 0.25) is 0 Å². The molecular formula is C12H17F3N2O3S. The van der Waals surface area contributed by atoms with Gasteiger partial charge in [0.15, 0.2) is 0 Å². The Bertz CT molecular complexity index is 547. The van der Waals surface area contributed by atoms with Crippen molar-refractivity contribution in [2.24, 2.45) is 0 Å². The van der Waals surface area contributed by atoms with Crippen LogP contribution in [-0.2, 0) is 14.8 Å². The zero-order valence-electron chi connectivity index (χ0n) is 11.4. The Kier molecular flexibility index (Phi) is 6.43. The minimum atomic E-state index is -4.37. The van der Waals surface area contributed by atoms with E-state index in [1.165, 1.54) is 12.1 Å². The van der Waals surface area contributed by atoms with Gasteiger partial charge in [0.2, 0.25) is 10.0 Å². The third-order valence-electron chi connectivity index (χ3n) is 2.34. The summed E-state index contributed by atoms with van der Waals surface area (Å²) in [6, 6.07) is 6.14. The summed E-state index contributed by atoms with van der Waals surface area (Å²) < 4.78 is 66.3. The monoisotopic (exact) mass is 326 g/mol. The molecule has 0 radical (unpaired) electrons. The highest BCUT2D eigenvalue weighted by molar-refractivity contribution is 7.89. The standard InChI is InChI=1S/C12H17F3N2O3S/c1-2-17-21(18,19)11-6-4-3-5-10(11)16-7-8-20-9-12(13,14)15/h3-6,16-17H,2,7-9H2,1H3. The number of ether oxygens (including phenoxy) is 1. The van der Waals surface area contributed by atoms with Crippen molar-refractivity contribution in [1.29, 1.82) is 0 Å². The van der Waals surface area contributed by atoms with Gasteiger partial charge in [-0.15, -0.1) is 0 Å². The molecule has 0 aliphatic rings. The zero-order valence-corrected chi connectivity index (χ0v) is 12.2. The van der Waals surface area contributed by atoms with Gasteiger partial charge in [-0.3, -0.25) is 0 Å². The highest BCUT2D eigenvalue weighted by Crippen LogP contribution is 2.20. The molecular weight excluding hydrogens is 309 g/mol. The average Bonchev–Trinajstić information content (AvgIpc) is 2.37. The molecule has 9 heteroatoms. The summed E-state index contributed by atoms with van der Waals surface area (Å²) in [6.45, 7) is 0.444. The first-order chi connectivity index (χ1) is 9.76. The Morgan fingerprint density at radius 2 is 1.90 bits per heavy atom. The molecule has 0 amide bonds. The van der Waals surface area contributed by atoms with E-state index >= 15 is 0 Å². The van der Waals surface area contributed by atoms with E-state index in [2.05, 4.69) is 14.8 Å². The predicted octanol–water partition coefficient (Wildman–Crippen LogP) is 1.98. The first-order valence-electron chi connectivity index (χ1n) is 6.23. The van der Waals surface area contributed by atoms with Gasteiger partial charge in [-0.1, -0.05) is 19.1 Å². The van der Waals surface area contributed by atoms with Gasteiger partial charge in [0, 0.05) is 13.1 Å². The molecule has 0 fully saturated rings. The second kappa shape index (κ2) is 7.62. The van der Waals surface area contributed by atoms with Crippen LogP contribution in [0.15, 0.2) is 29.2 Å². The van der Waals surface area contributed by atoms with Crippen molar-refractivity contribution >= 4 is 15.7 Å². The first kappa shape index (κ1) is 17.7. The second-order valence-electron chi connectivity index (χ2n) is 4.09. The Morgan fingerprint density at radius 1 is 1.24 bits per heavy atom. The third-order valence-corrected chi connectivity index (χ3v) is 3.94. The third kappa shape index (κ3) is 6.32.